The van der Waals surface area contributed by atoms with E-state index in [-0.39, 0.29) is 11.8 Å². The molecule has 164 valence electrons. The summed E-state index contributed by atoms with van der Waals surface area (Å²) in [7, 11) is 0. The van der Waals surface area contributed by atoms with E-state index in [9.17, 15) is 4.79 Å². The molecule has 0 bridgehead atoms. The highest BCUT2D eigenvalue weighted by Crippen LogP contribution is 2.27. The van der Waals surface area contributed by atoms with Crippen molar-refractivity contribution in [1.82, 2.24) is 4.57 Å². The van der Waals surface area contributed by atoms with Crippen LogP contribution < -0.4 is 10.6 Å². The Bertz CT molecular complexity index is 1250. The van der Waals surface area contributed by atoms with Crippen molar-refractivity contribution in [3.8, 4) is 0 Å². The number of nitrogens with zero attached hydrogens (tertiary/aromatic N) is 1. The molecule has 0 aliphatic rings. The molecule has 0 saturated heterocycles. The van der Waals surface area contributed by atoms with Crippen LogP contribution in [-0.4, -0.2) is 10.5 Å². The van der Waals surface area contributed by atoms with Gasteiger partial charge in [0.05, 0.1) is 0 Å². The zero-order valence-electron chi connectivity index (χ0n) is 18.0. The van der Waals surface area contributed by atoms with Gasteiger partial charge in [-0.25, -0.2) is 0 Å². The van der Waals surface area contributed by atoms with Crippen LogP contribution in [0.5, 0.6) is 0 Å². The topological polar surface area (TPSA) is 46.1 Å². The Kier molecular flexibility index (Phi) is 6.73. The third-order valence-electron chi connectivity index (χ3n) is 5.39. The highest BCUT2D eigenvalue weighted by Gasteiger charge is 2.11. The maximum Gasteiger partial charge on any atom is 0.226 e. The monoisotopic (exact) mass is 465 g/mol. The minimum absolute atomic E-state index is 0.0132. The van der Waals surface area contributed by atoms with Crippen molar-refractivity contribution in [2.75, 3.05) is 10.6 Å². The van der Waals surface area contributed by atoms with Crippen molar-refractivity contribution in [3.63, 3.8) is 0 Å². The fraction of sp³-hybridized carbons (Fsp3) is 0.192. The molecule has 4 rings (SSSR count). The van der Waals surface area contributed by atoms with Gasteiger partial charge in [-0.3, -0.25) is 4.79 Å². The number of para-hydroxylation sites is 1. The second-order valence-electron chi connectivity index (χ2n) is 8.11. The molecule has 4 aromatic rings. The molecule has 6 heteroatoms. The number of hydrogen-bond donors (Lipinski definition) is 2. The summed E-state index contributed by atoms with van der Waals surface area (Å²) < 4.78 is 2.21. The number of rotatable bonds is 7. The van der Waals surface area contributed by atoms with Crippen LogP contribution in [-0.2, 0) is 17.9 Å². The summed E-state index contributed by atoms with van der Waals surface area (Å²) in [4.78, 5) is 11.9. The molecular formula is C26H25Cl2N3O. The van der Waals surface area contributed by atoms with E-state index >= 15 is 0 Å². The van der Waals surface area contributed by atoms with Gasteiger partial charge in [0.1, 0.15) is 0 Å². The van der Waals surface area contributed by atoms with Gasteiger partial charge in [0.15, 0.2) is 0 Å². The minimum Gasteiger partial charge on any atom is -0.381 e. The molecule has 0 radical (unpaired) electrons. The number of carbonyl (C=O) groups is 1. The number of carbonyl (C=O) groups excluding carboxylic acids is 1. The lowest BCUT2D eigenvalue weighted by Gasteiger charge is -2.10. The molecule has 0 fully saturated rings. The molecule has 3 aromatic carbocycles. The van der Waals surface area contributed by atoms with Crippen molar-refractivity contribution in [2.24, 2.45) is 5.92 Å². The lowest BCUT2D eigenvalue weighted by Crippen LogP contribution is -2.17. The molecule has 4 nitrogen and oxygen atoms in total. The Morgan fingerprint density at radius 1 is 0.938 bits per heavy atom. The molecule has 0 saturated carbocycles. The normalized spacial score (nSPS) is 11.2. The largest absolute Gasteiger partial charge is 0.381 e. The van der Waals surface area contributed by atoms with E-state index in [4.69, 9.17) is 23.2 Å². The number of benzene rings is 3. The summed E-state index contributed by atoms with van der Waals surface area (Å²) in [6, 6.07) is 21.7. The Balaban J connectivity index is 1.51. The van der Waals surface area contributed by atoms with Crippen molar-refractivity contribution >= 4 is 51.4 Å². The first-order valence-corrected chi connectivity index (χ1v) is 11.3. The van der Waals surface area contributed by atoms with Gasteiger partial charge in [-0.05, 0) is 53.6 Å². The number of aromatic nitrogens is 1. The lowest BCUT2D eigenvalue weighted by molar-refractivity contribution is -0.118. The zero-order valence-corrected chi connectivity index (χ0v) is 19.5. The van der Waals surface area contributed by atoms with Crippen LogP contribution in [0.15, 0.2) is 72.9 Å². The second-order valence-corrected chi connectivity index (χ2v) is 8.95. The Labute approximate surface area is 198 Å². The average molecular weight is 466 g/mol. The van der Waals surface area contributed by atoms with Crippen LogP contribution in [0.25, 0.3) is 10.9 Å². The Hall–Kier alpha value is -2.95. The summed E-state index contributed by atoms with van der Waals surface area (Å²) in [6.07, 6.45) is 2.17. The third-order valence-corrected chi connectivity index (χ3v) is 5.97. The van der Waals surface area contributed by atoms with Gasteiger partial charge in [-0.1, -0.05) is 61.3 Å². The van der Waals surface area contributed by atoms with E-state index in [0.29, 0.717) is 23.1 Å². The van der Waals surface area contributed by atoms with Gasteiger partial charge in [-0.2, -0.15) is 0 Å². The number of amides is 1. The number of halogens is 2. The van der Waals surface area contributed by atoms with Gasteiger partial charge in [0.25, 0.3) is 0 Å². The fourth-order valence-corrected chi connectivity index (χ4v) is 4.05. The summed E-state index contributed by atoms with van der Waals surface area (Å²) in [5.74, 6) is -0.0350. The van der Waals surface area contributed by atoms with Crippen LogP contribution in [0.4, 0.5) is 11.4 Å². The molecule has 0 aliphatic carbocycles. The average Bonchev–Trinajstić information content (AvgIpc) is 3.13. The summed E-state index contributed by atoms with van der Waals surface area (Å²) in [6.45, 7) is 5.10. The fourth-order valence-electron chi connectivity index (χ4n) is 3.58. The van der Waals surface area contributed by atoms with Crippen LogP contribution in [0.3, 0.4) is 0 Å². The summed E-state index contributed by atoms with van der Waals surface area (Å²) >= 11 is 12.5. The van der Waals surface area contributed by atoms with Gasteiger partial charge in [0, 0.05) is 57.5 Å². The highest BCUT2D eigenvalue weighted by molar-refractivity contribution is 6.35. The van der Waals surface area contributed by atoms with Crippen LogP contribution >= 0.6 is 23.2 Å². The van der Waals surface area contributed by atoms with Gasteiger partial charge < -0.3 is 15.2 Å². The number of nitrogens with one attached hydrogen (secondary N) is 2. The number of hydrogen-bond acceptors (Lipinski definition) is 2. The quantitative estimate of drug-likeness (QED) is 0.303. The molecule has 0 spiro atoms. The van der Waals surface area contributed by atoms with Gasteiger partial charge >= 0.3 is 0 Å². The van der Waals surface area contributed by atoms with Crippen molar-refractivity contribution in [1.29, 1.82) is 0 Å². The molecular weight excluding hydrogens is 441 g/mol. The Morgan fingerprint density at radius 3 is 2.38 bits per heavy atom. The SMILES string of the molecule is CC(C)C(=O)Nc1ccc(NCc2cn(Cc3ccc(Cl)cc3Cl)c3ccccc23)cc1. The third kappa shape index (κ3) is 5.09. The highest BCUT2D eigenvalue weighted by atomic mass is 35.5. The van der Waals surface area contributed by atoms with Crippen molar-refractivity contribution in [3.05, 3.63) is 94.1 Å². The van der Waals surface area contributed by atoms with Crippen LogP contribution in [0, 0.1) is 5.92 Å². The zero-order chi connectivity index (χ0) is 22.7. The van der Waals surface area contributed by atoms with E-state index in [0.717, 1.165) is 22.5 Å². The molecule has 32 heavy (non-hydrogen) atoms. The van der Waals surface area contributed by atoms with Crippen molar-refractivity contribution < 1.29 is 4.79 Å². The summed E-state index contributed by atoms with van der Waals surface area (Å²) in [5, 5.41) is 8.90. The molecule has 0 atom stereocenters. The standard InChI is InChI=1S/C26H25Cl2N3O/c1-17(2)26(32)30-22-11-9-21(10-12-22)29-14-19-16-31(25-6-4-3-5-23(19)25)15-18-7-8-20(27)13-24(18)28/h3-13,16-17,29H,14-15H2,1-2H3,(H,30,32). The van der Waals surface area contributed by atoms with Crippen LogP contribution in [0.2, 0.25) is 10.0 Å². The van der Waals surface area contributed by atoms with Gasteiger partial charge in [-0.15, -0.1) is 0 Å². The van der Waals surface area contributed by atoms with Crippen molar-refractivity contribution in [2.45, 2.75) is 26.9 Å². The van der Waals surface area contributed by atoms with E-state index in [1.807, 2.05) is 56.3 Å². The maximum atomic E-state index is 11.9. The summed E-state index contributed by atoms with van der Waals surface area (Å²) in [5.41, 5.74) is 5.16. The minimum atomic E-state index is -0.0483. The maximum absolute atomic E-state index is 11.9. The first-order valence-electron chi connectivity index (χ1n) is 10.6. The molecule has 0 aliphatic heterocycles. The van der Waals surface area contributed by atoms with E-state index < -0.39 is 0 Å². The Morgan fingerprint density at radius 2 is 1.66 bits per heavy atom. The molecule has 1 amide bonds. The van der Waals surface area contributed by atoms with Gasteiger partial charge in [0.2, 0.25) is 5.91 Å². The predicted molar refractivity (Wildman–Crippen MR) is 135 cm³/mol. The molecule has 2 N–H and O–H groups in total. The molecule has 1 heterocycles. The lowest BCUT2D eigenvalue weighted by atomic mass is 10.1. The van der Waals surface area contributed by atoms with E-state index in [1.165, 1.54) is 10.9 Å². The predicted octanol–water partition coefficient (Wildman–Crippen LogP) is 7.20. The molecule has 1 aromatic heterocycles. The van der Waals surface area contributed by atoms with E-state index in [1.54, 1.807) is 6.07 Å². The first-order chi connectivity index (χ1) is 15.4. The second kappa shape index (κ2) is 9.68. The number of anilines is 2. The smallest absolute Gasteiger partial charge is 0.226 e. The van der Waals surface area contributed by atoms with Crippen LogP contribution in [0.1, 0.15) is 25.0 Å². The van der Waals surface area contributed by atoms with E-state index in [2.05, 4.69) is 39.6 Å². The number of fused-ring (bicyclic) bond motifs is 1. The first kappa shape index (κ1) is 22.3. The molecule has 0 unspecified atom stereocenters.